The summed E-state index contributed by atoms with van der Waals surface area (Å²) in [5.41, 5.74) is 0. The molecule has 2 heteroatoms. The van der Waals surface area contributed by atoms with Gasteiger partial charge in [0.05, 0.1) is 0 Å². The molecule has 1 nitrogen and oxygen atoms in total. The first-order valence-corrected chi connectivity index (χ1v) is 4.46. The molecular formula is C4H9NS. The average molecular weight is 103 g/mol. The molecule has 2 fully saturated rings. The van der Waals surface area contributed by atoms with E-state index < -0.39 is 0 Å². The van der Waals surface area contributed by atoms with Gasteiger partial charge in [0, 0.05) is 11.0 Å². The first kappa shape index (κ1) is 3.33. The average Bonchev–Trinajstić information content (AvgIpc) is 1.88. The van der Waals surface area contributed by atoms with E-state index in [0.717, 1.165) is 5.25 Å². The topological polar surface area (TPSA) is 26.0 Å². The van der Waals surface area contributed by atoms with Gasteiger partial charge in [-0.1, -0.05) is 0 Å². The maximum atomic E-state index is 5.78. The van der Waals surface area contributed by atoms with Crippen LogP contribution in [-0.4, -0.2) is 16.8 Å². The Balaban J connectivity index is 2.22. The van der Waals surface area contributed by atoms with E-state index in [1.165, 1.54) is 17.9 Å². The second-order valence-corrected chi connectivity index (χ2v) is 5.71. The molecule has 2 atom stereocenters. The second-order valence-electron chi connectivity index (χ2n) is 2.29. The quantitative estimate of drug-likeness (QED) is 0.443. The van der Waals surface area contributed by atoms with E-state index in [1.807, 2.05) is 0 Å². The first-order valence-electron chi connectivity index (χ1n) is 2.37. The maximum Gasteiger partial charge on any atom is 0.00980 e. The van der Waals surface area contributed by atoms with Crippen LogP contribution in [0.3, 0.4) is 0 Å². The molecule has 0 saturated carbocycles. The lowest BCUT2D eigenvalue weighted by Crippen LogP contribution is -2.14. The fourth-order valence-electron chi connectivity index (χ4n) is 1.06. The predicted octanol–water partition coefficient (Wildman–Crippen LogP) is 0.451. The van der Waals surface area contributed by atoms with E-state index in [-0.39, 0.29) is 10.2 Å². The molecule has 0 aliphatic carbocycles. The Morgan fingerprint density at radius 2 is 2.33 bits per heavy atom. The van der Waals surface area contributed by atoms with Gasteiger partial charge in [0.2, 0.25) is 0 Å². The molecule has 0 aromatic rings. The van der Waals surface area contributed by atoms with E-state index in [9.17, 15) is 0 Å². The highest BCUT2D eigenvalue weighted by atomic mass is 32.3. The maximum absolute atomic E-state index is 5.78. The Hall–Kier alpha value is 0.310. The van der Waals surface area contributed by atoms with Crippen molar-refractivity contribution in [1.29, 1.82) is 0 Å². The number of fused-ring (bicyclic) bond motifs is 1. The van der Waals surface area contributed by atoms with Crippen LogP contribution in [0.15, 0.2) is 0 Å². The summed E-state index contributed by atoms with van der Waals surface area (Å²) in [6.45, 7) is 0. The second kappa shape index (κ2) is 0.651. The van der Waals surface area contributed by atoms with Gasteiger partial charge in [-0.15, -0.1) is 0 Å². The van der Waals surface area contributed by atoms with Gasteiger partial charge in [0.25, 0.3) is 0 Å². The molecule has 0 bridgehead atoms. The number of hydrogen-bond acceptors (Lipinski definition) is 1. The SMILES string of the molecule is NS12CCC1C2. The molecule has 36 valence electrons. The van der Waals surface area contributed by atoms with E-state index in [0.29, 0.717) is 0 Å². The molecule has 2 rings (SSSR count). The van der Waals surface area contributed by atoms with Crippen molar-refractivity contribution >= 4 is 10.2 Å². The van der Waals surface area contributed by atoms with Crippen molar-refractivity contribution in [3.8, 4) is 0 Å². The van der Waals surface area contributed by atoms with Gasteiger partial charge in [-0.25, -0.2) is 0 Å². The van der Waals surface area contributed by atoms with Gasteiger partial charge in [0.15, 0.2) is 0 Å². The largest absolute Gasteiger partial charge is 0.294 e. The lowest BCUT2D eigenvalue weighted by molar-refractivity contribution is 0.951. The third-order valence-corrected chi connectivity index (χ3v) is 5.19. The van der Waals surface area contributed by atoms with Crippen molar-refractivity contribution in [3.05, 3.63) is 0 Å². The van der Waals surface area contributed by atoms with Crippen LogP contribution in [0.2, 0.25) is 0 Å². The summed E-state index contributed by atoms with van der Waals surface area (Å²) < 4.78 is 0. The monoisotopic (exact) mass is 103 g/mol. The minimum atomic E-state index is -0.315. The summed E-state index contributed by atoms with van der Waals surface area (Å²) in [5.74, 6) is 2.80. The van der Waals surface area contributed by atoms with Crippen molar-refractivity contribution in [1.82, 2.24) is 0 Å². The summed E-state index contributed by atoms with van der Waals surface area (Å²) in [7, 11) is -0.315. The van der Waals surface area contributed by atoms with Gasteiger partial charge in [-0.05, 0) is 12.2 Å². The Labute approximate surface area is 39.4 Å². The van der Waals surface area contributed by atoms with Gasteiger partial charge >= 0.3 is 0 Å². The Morgan fingerprint density at radius 1 is 1.67 bits per heavy atom. The van der Waals surface area contributed by atoms with Crippen LogP contribution in [0.4, 0.5) is 0 Å². The number of nitrogens with two attached hydrogens (primary N) is 1. The molecule has 0 radical (unpaired) electrons. The smallest absolute Gasteiger partial charge is 0.00980 e. The van der Waals surface area contributed by atoms with Crippen molar-refractivity contribution in [3.63, 3.8) is 0 Å². The molecule has 2 N–H and O–H groups in total. The van der Waals surface area contributed by atoms with Crippen molar-refractivity contribution in [2.24, 2.45) is 5.14 Å². The molecule has 2 aliphatic heterocycles. The van der Waals surface area contributed by atoms with Gasteiger partial charge in [-0.3, -0.25) is 5.14 Å². The standard InChI is InChI=1S/C4H9NS/c5-6-2-1-4(6)3-6/h4H,1-3,5H2. The first-order chi connectivity index (χ1) is 2.81. The summed E-state index contributed by atoms with van der Waals surface area (Å²) in [4.78, 5) is 0. The summed E-state index contributed by atoms with van der Waals surface area (Å²) in [6.07, 6.45) is 1.45. The molecule has 2 heterocycles. The van der Waals surface area contributed by atoms with E-state index in [1.54, 1.807) is 0 Å². The van der Waals surface area contributed by atoms with E-state index in [2.05, 4.69) is 0 Å². The third-order valence-electron chi connectivity index (χ3n) is 1.86. The lowest BCUT2D eigenvalue weighted by Gasteiger charge is -2.24. The highest BCUT2D eigenvalue weighted by Crippen LogP contribution is 2.71. The summed E-state index contributed by atoms with van der Waals surface area (Å²) >= 11 is 0. The molecule has 0 amide bonds. The highest BCUT2D eigenvalue weighted by Gasteiger charge is 2.53. The van der Waals surface area contributed by atoms with E-state index >= 15 is 0 Å². The predicted molar refractivity (Wildman–Crippen MR) is 29.9 cm³/mol. The Morgan fingerprint density at radius 3 is 2.33 bits per heavy atom. The molecule has 0 aromatic carbocycles. The molecular weight excluding hydrogens is 94.1 g/mol. The van der Waals surface area contributed by atoms with Crippen LogP contribution in [0.25, 0.3) is 0 Å². The minimum absolute atomic E-state index is 0.315. The van der Waals surface area contributed by atoms with Crippen molar-refractivity contribution in [2.75, 3.05) is 11.5 Å². The molecule has 2 unspecified atom stereocenters. The molecule has 2 aliphatic rings. The van der Waals surface area contributed by atoms with Crippen LogP contribution in [0.1, 0.15) is 6.42 Å². The molecule has 6 heavy (non-hydrogen) atoms. The molecule has 0 spiro atoms. The zero-order chi connectivity index (χ0) is 4.20. The van der Waals surface area contributed by atoms with E-state index in [4.69, 9.17) is 5.14 Å². The van der Waals surface area contributed by atoms with Crippen LogP contribution in [0, 0.1) is 0 Å². The zero-order valence-corrected chi connectivity index (χ0v) is 4.50. The highest BCUT2D eigenvalue weighted by molar-refractivity contribution is 8.39. The fourth-order valence-corrected chi connectivity index (χ4v) is 3.71. The fraction of sp³-hybridized carbons (Fsp3) is 1.00. The zero-order valence-electron chi connectivity index (χ0n) is 3.68. The Kier molecular flexibility index (Phi) is 0.361. The van der Waals surface area contributed by atoms with Gasteiger partial charge in [0.1, 0.15) is 0 Å². The van der Waals surface area contributed by atoms with Crippen molar-refractivity contribution in [2.45, 2.75) is 11.7 Å². The van der Waals surface area contributed by atoms with Gasteiger partial charge < -0.3 is 0 Å². The summed E-state index contributed by atoms with van der Waals surface area (Å²) in [6, 6.07) is 0. The normalized spacial score (nSPS) is 73.2. The number of rotatable bonds is 0. The van der Waals surface area contributed by atoms with Crippen LogP contribution >= 0.6 is 10.2 Å². The lowest BCUT2D eigenvalue weighted by atomic mass is 10.4. The van der Waals surface area contributed by atoms with Gasteiger partial charge in [-0.2, -0.15) is 10.2 Å². The van der Waals surface area contributed by atoms with Crippen LogP contribution < -0.4 is 5.14 Å². The number of hydrogen-bond donors (Lipinski definition) is 1. The summed E-state index contributed by atoms with van der Waals surface area (Å²) in [5, 5.41) is 6.82. The molecule has 0 aromatic heterocycles. The van der Waals surface area contributed by atoms with Crippen LogP contribution in [0.5, 0.6) is 0 Å². The molecule has 2 saturated heterocycles. The third kappa shape index (κ3) is 0.201. The minimum Gasteiger partial charge on any atom is -0.294 e. The Bertz CT molecular complexity index is 89.5. The van der Waals surface area contributed by atoms with Crippen LogP contribution in [-0.2, 0) is 0 Å². The van der Waals surface area contributed by atoms with Crippen molar-refractivity contribution < 1.29 is 0 Å².